The normalized spacial score (nSPS) is 11.2. The van der Waals surface area contributed by atoms with Crippen molar-refractivity contribution in [3.05, 3.63) is 46.2 Å². The van der Waals surface area contributed by atoms with Gasteiger partial charge >= 0.3 is 0 Å². The van der Waals surface area contributed by atoms with Crippen LogP contribution < -0.4 is 10.5 Å². The third kappa shape index (κ3) is 3.67. The van der Waals surface area contributed by atoms with E-state index in [1.807, 2.05) is 0 Å². The zero-order valence-electron chi connectivity index (χ0n) is 10.2. The zero-order chi connectivity index (χ0) is 15.6. The van der Waals surface area contributed by atoms with Gasteiger partial charge in [-0.25, -0.2) is 13.6 Å². The summed E-state index contributed by atoms with van der Waals surface area (Å²) < 4.78 is 22.5. The van der Waals surface area contributed by atoms with Gasteiger partial charge < -0.3 is 5.32 Å². The van der Waals surface area contributed by atoms with Gasteiger partial charge in [-0.2, -0.15) is 10.2 Å². The predicted molar refractivity (Wildman–Crippen MR) is 77.8 cm³/mol. The summed E-state index contributed by atoms with van der Waals surface area (Å²) in [5, 5.41) is 14.5. The molecule has 2 rings (SSSR count). The molecule has 0 saturated heterocycles. The molecule has 21 heavy (non-hydrogen) atoms. The molecular formula is C11H8Cl2N4O3S. The summed E-state index contributed by atoms with van der Waals surface area (Å²) in [7, 11) is -3.95. The maximum atomic E-state index is 12.0. The number of sulfonamides is 1. The number of nitrogens with one attached hydrogen (secondary N) is 1. The number of nitrogens with zero attached hydrogens (tertiary/aromatic N) is 2. The zero-order valence-corrected chi connectivity index (χ0v) is 12.6. The molecule has 0 saturated carbocycles. The van der Waals surface area contributed by atoms with E-state index in [1.54, 1.807) is 0 Å². The summed E-state index contributed by atoms with van der Waals surface area (Å²) in [6.07, 6.45) is 2.61. The Morgan fingerprint density at radius 3 is 2.29 bits per heavy atom. The number of hydrogen-bond acceptors (Lipinski definition) is 5. The molecule has 0 bridgehead atoms. The van der Waals surface area contributed by atoms with Gasteiger partial charge in [0.15, 0.2) is 0 Å². The molecule has 0 radical (unpaired) electrons. The molecule has 1 heterocycles. The lowest BCUT2D eigenvalue weighted by Crippen LogP contribution is -2.15. The fourth-order valence-corrected chi connectivity index (χ4v) is 2.72. The molecule has 1 aromatic carbocycles. The number of carbonyl (C=O) groups is 1. The Kier molecular flexibility index (Phi) is 4.43. The molecule has 0 spiro atoms. The minimum atomic E-state index is -3.95. The van der Waals surface area contributed by atoms with Crippen LogP contribution in [0.5, 0.6) is 0 Å². The van der Waals surface area contributed by atoms with Crippen LogP contribution >= 0.6 is 23.2 Å². The van der Waals surface area contributed by atoms with Crippen LogP contribution in [0.1, 0.15) is 10.4 Å². The monoisotopic (exact) mass is 346 g/mol. The highest BCUT2D eigenvalue weighted by Gasteiger charge is 2.17. The summed E-state index contributed by atoms with van der Waals surface area (Å²) in [6.45, 7) is 0. The molecule has 110 valence electrons. The standard InChI is InChI=1S/C11H8Cl2N4O3S/c12-8-3-7(21(14,19)20)4-9(13)10(8)17-11(18)6-1-2-15-16-5-6/h1-5H,(H,17,18)(H2,14,19,20). The first-order valence-electron chi connectivity index (χ1n) is 5.39. The highest BCUT2D eigenvalue weighted by atomic mass is 35.5. The number of carbonyl (C=O) groups excluding carboxylic acids is 1. The van der Waals surface area contributed by atoms with Crippen LogP contribution in [0, 0.1) is 0 Å². The Morgan fingerprint density at radius 1 is 1.19 bits per heavy atom. The molecule has 0 unspecified atom stereocenters. The molecule has 0 aliphatic rings. The van der Waals surface area contributed by atoms with E-state index in [-0.39, 0.29) is 26.2 Å². The fraction of sp³-hybridized carbons (Fsp3) is 0. The molecule has 0 atom stereocenters. The average molecular weight is 347 g/mol. The Bertz CT molecular complexity index is 773. The molecule has 1 amide bonds. The van der Waals surface area contributed by atoms with E-state index in [1.165, 1.54) is 18.5 Å². The smallest absolute Gasteiger partial charge is 0.257 e. The minimum Gasteiger partial charge on any atom is -0.319 e. The third-order valence-electron chi connectivity index (χ3n) is 2.43. The molecule has 0 aliphatic heterocycles. The van der Waals surface area contributed by atoms with E-state index in [4.69, 9.17) is 28.3 Å². The van der Waals surface area contributed by atoms with Gasteiger partial charge in [-0.05, 0) is 18.2 Å². The van der Waals surface area contributed by atoms with Gasteiger partial charge in [0, 0.05) is 0 Å². The lowest BCUT2D eigenvalue weighted by atomic mass is 10.2. The van der Waals surface area contributed by atoms with Crippen LogP contribution in [0.4, 0.5) is 5.69 Å². The van der Waals surface area contributed by atoms with Crippen LogP contribution in [0.3, 0.4) is 0 Å². The molecule has 1 aromatic heterocycles. The van der Waals surface area contributed by atoms with Crippen LogP contribution in [-0.4, -0.2) is 24.5 Å². The van der Waals surface area contributed by atoms with E-state index in [0.29, 0.717) is 0 Å². The van der Waals surface area contributed by atoms with Crippen molar-refractivity contribution in [2.75, 3.05) is 5.32 Å². The SMILES string of the molecule is NS(=O)(=O)c1cc(Cl)c(NC(=O)c2ccnnc2)c(Cl)c1. The number of nitrogens with two attached hydrogens (primary N) is 1. The summed E-state index contributed by atoms with van der Waals surface area (Å²) >= 11 is 11.9. The van der Waals surface area contributed by atoms with E-state index < -0.39 is 15.9 Å². The molecule has 3 N–H and O–H groups in total. The first-order valence-corrected chi connectivity index (χ1v) is 7.69. The van der Waals surface area contributed by atoms with Gasteiger partial charge in [-0.1, -0.05) is 23.2 Å². The van der Waals surface area contributed by atoms with Crippen LogP contribution in [-0.2, 0) is 10.0 Å². The van der Waals surface area contributed by atoms with Gasteiger partial charge in [-0.3, -0.25) is 4.79 Å². The predicted octanol–water partition coefficient (Wildman–Crippen LogP) is 1.68. The largest absolute Gasteiger partial charge is 0.319 e. The number of rotatable bonds is 3. The van der Waals surface area contributed by atoms with Crippen molar-refractivity contribution in [2.45, 2.75) is 4.90 Å². The lowest BCUT2D eigenvalue weighted by Gasteiger charge is -2.10. The summed E-state index contributed by atoms with van der Waals surface area (Å²) in [5.41, 5.74) is 0.320. The minimum absolute atomic E-state index is 0.0538. The van der Waals surface area contributed by atoms with Gasteiger partial charge in [-0.15, -0.1) is 0 Å². The van der Waals surface area contributed by atoms with E-state index in [9.17, 15) is 13.2 Å². The first kappa shape index (κ1) is 15.6. The van der Waals surface area contributed by atoms with Crippen molar-refractivity contribution in [1.82, 2.24) is 10.2 Å². The summed E-state index contributed by atoms with van der Waals surface area (Å²) in [6, 6.07) is 3.65. The van der Waals surface area contributed by atoms with Crippen molar-refractivity contribution in [2.24, 2.45) is 5.14 Å². The number of hydrogen-bond donors (Lipinski definition) is 2. The highest BCUT2D eigenvalue weighted by Crippen LogP contribution is 2.33. The van der Waals surface area contributed by atoms with E-state index in [0.717, 1.165) is 12.1 Å². The van der Waals surface area contributed by atoms with Crippen molar-refractivity contribution in [1.29, 1.82) is 0 Å². The number of aromatic nitrogens is 2. The second-order valence-electron chi connectivity index (χ2n) is 3.89. The molecular weight excluding hydrogens is 339 g/mol. The fourth-order valence-electron chi connectivity index (χ4n) is 1.44. The van der Waals surface area contributed by atoms with Crippen molar-refractivity contribution in [3.8, 4) is 0 Å². The molecule has 2 aromatic rings. The Labute approximate surface area is 130 Å². The van der Waals surface area contributed by atoms with Gasteiger partial charge in [0.05, 0.1) is 38.6 Å². The molecule has 7 nitrogen and oxygen atoms in total. The maximum absolute atomic E-state index is 12.0. The van der Waals surface area contributed by atoms with Gasteiger partial charge in [0.2, 0.25) is 10.0 Å². The second-order valence-corrected chi connectivity index (χ2v) is 6.27. The quantitative estimate of drug-likeness (QED) is 0.877. The number of primary sulfonamides is 1. The number of halogens is 2. The van der Waals surface area contributed by atoms with Crippen molar-refractivity contribution < 1.29 is 13.2 Å². The van der Waals surface area contributed by atoms with Crippen LogP contribution in [0.2, 0.25) is 10.0 Å². The number of anilines is 1. The van der Waals surface area contributed by atoms with Crippen molar-refractivity contribution >= 4 is 44.8 Å². The Morgan fingerprint density at radius 2 is 1.81 bits per heavy atom. The third-order valence-corrected chi connectivity index (χ3v) is 3.92. The maximum Gasteiger partial charge on any atom is 0.257 e. The molecule has 0 aliphatic carbocycles. The summed E-state index contributed by atoms with van der Waals surface area (Å²) in [4.78, 5) is 11.7. The van der Waals surface area contributed by atoms with E-state index >= 15 is 0 Å². The molecule has 10 heteroatoms. The lowest BCUT2D eigenvalue weighted by molar-refractivity contribution is 0.102. The first-order chi connectivity index (χ1) is 9.79. The van der Waals surface area contributed by atoms with Crippen molar-refractivity contribution in [3.63, 3.8) is 0 Å². The summed E-state index contributed by atoms with van der Waals surface area (Å²) in [5.74, 6) is -0.517. The number of benzene rings is 1. The van der Waals surface area contributed by atoms with Crippen LogP contribution in [0.15, 0.2) is 35.5 Å². The van der Waals surface area contributed by atoms with Crippen LogP contribution in [0.25, 0.3) is 0 Å². The molecule has 0 fully saturated rings. The van der Waals surface area contributed by atoms with E-state index in [2.05, 4.69) is 15.5 Å². The second kappa shape index (κ2) is 5.94. The Balaban J connectivity index is 2.36. The topological polar surface area (TPSA) is 115 Å². The average Bonchev–Trinajstić information content (AvgIpc) is 2.42. The number of amides is 1. The highest BCUT2D eigenvalue weighted by molar-refractivity contribution is 7.89. The van der Waals surface area contributed by atoms with Gasteiger partial charge in [0.1, 0.15) is 0 Å². The Hall–Kier alpha value is -1.74. The van der Waals surface area contributed by atoms with Gasteiger partial charge in [0.25, 0.3) is 5.91 Å².